The Kier molecular flexibility index (Phi) is 8.29. The molecule has 3 heterocycles. The number of tetrazole rings is 1. The number of aryl methyl sites for hydroxylation is 2. The van der Waals surface area contributed by atoms with Crippen molar-refractivity contribution in [2.24, 2.45) is 18.9 Å². The fourth-order valence-corrected chi connectivity index (χ4v) is 5.86. The van der Waals surface area contributed by atoms with Gasteiger partial charge in [-0.1, -0.05) is 12.1 Å². The second-order valence-electron chi connectivity index (χ2n) is 10.8. The van der Waals surface area contributed by atoms with Crippen molar-refractivity contribution >= 4 is 11.7 Å². The average molecular weight is 521 g/mol. The second kappa shape index (κ2) is 12.0. The standard InChI is InChI=1S/C28H37FN8O/c1-19-12-23(27-33-34-35-36(27)2)15-25(13-19)31-28(38)32-26-16-30-10-9-22(26)18-37-11-3-4-21(17-37)14-20-5-7-24(29)8-6-20/h5-8,12-13,15,21-22,26,30H,3-4,9-11,14,16-18H2,1-2H3,(H2,31,32,38)/t21-,22-,26-/m0/s1. The molecule has 38 heavy (non-hydrogen) atoms. The van der Waals surface area contributed by atoms with Crippen molar-refractivity contribution in [3.05, 3.63) is 59.4 Å². The highest BCUT2D eigenvalue weighted by Crippen LogP contribution is 2.25. The number of piperidine rings is 2. The molecule has 2 aliphatic rings. The topological polar surface area (TPSA) is 100 Å². The molecule has 2 amide bonds. The van der Waals surface area contributed by atoms with Gasteiger partial charge in [-0.05, 0) is 109 Å². The molecule has 3 N–H and O–H groups in total. The summed E-state index contributed by atoms with van der Waals surface area (Å²) in [5, 5.41) is 21.4. The van der Waals surface area contributed by atoms with Crippen LogP contribution in [-0.4, -0.2) is 69.9 Å². The lowest BCUT2D eigenvalue weighted by Gasteiger charge is -2.39. The number of hydrogen-bond acceptors (Lipinski definition) is 6. The minimum atomic E-state index is -0.204. The van der Waals surface area contributed by atoms with Gasteiger partial charge in [-0.25, -0.2) is 13.9 Å². The molecule has 0 bridgehead atoms. The molecule has 2 aliphatic heterocycles. The third kappa shape index (κ3) is 6.73. The lowest BCUT2D eigenvalue weighted by molar-refractivity contribution is 0.126. The highest BCUT2D eigenvalue weighted by Gasteiger charge is 2.30. The summed E-state index contributed by atoms with van der Waals surface area (Å²) in [6, 6.07) is 12.6. The number of nitrogens with zero attached hydrogens (tertiary/aromatic N) is 5. The van der Waals surface area contributed by atoms with Crippen molar-refractivity contribution < 1.29 is 9.18 Å². The van der Waals surface area contributed by atoms with Gasteiger partial charge in [0.2, 0.25) is 0 Å². The number of rotatable bonds is 7. The SMILES string of the molecule is Cc1cc(NC(=O)N[C@H]2CNCC[C@H]2CN2CCC[C@@H](Cc3ccc(F)cc3)C2)cc(-c2nnnn2C)c1. The van der Waals surface area contributed by atoms with E-state index >= 15 is 0 Å². The van der Waals surface area contributed by atoms with Crippen LogP contribution >= 0.6 is 0 Å². The van der Waals surface area contributed by atoms with Crippen LogP contribution < -0.4 is 16.0 Å². The molecule has 0 radical (unpaired) electrons. The fourth-order valence-electron chi connectivity index (χ4n) is 5.86. The number of likely N-dealkylation sites (tertiary alicyclic amines) is 1. The summed E-state index contributed by atoms with van der Waals surface area (Å²) in [6.45, 7) is 6.81. The maximum Gasteiger partial charge on any atom is 0.319 e. The Morgan fingerprint density at radius 3 is 2.82 bits per heavy atom. The summed E-state index contributed by atoms with van der Waals surface area (Å²) in [5.74, 6) is 1.42. The number of benzene rings is 2. The van der Waals surface area contributed by atoms with Crippen molar-refractivity contribution in [2.75, 3.05) is 38.0 Å². The number of nitrogens with one attached hydrogen (secondary N) is 3. The van der Waals surface area contributed by atoms with Crippen LogP contribution in [0.25, 0.3) is 11.4 Å². The predicted molar refractivity (Wildman–Crippen MR) is 145 cm³/mol. The zero-order chi connectivity index (χ0) is 26.5. The lowest BCUT2D eigenvalue weighted by Crippen LogP contribution is -2.55. The van der Waals surface area contributed by atoms with E-state index in [9.17, 15) is 9.18 Å². The van der Waals surface area contributed by atoms with Crippen molar-refractivity contribution in [1.29, 1.82) is 0 Å². The number of carbonyl (C=O) groups is 1. The monoisotopic (exact) mass is 520 g/mol. The third-order valence-electron chi connectivity index (χ3n) is 7.69. The van der Waals surface area contributed by atoms with E-state index in [-0.39, 0.29) is 17.9 Å². The molecule has 2 aromatic carbocycles. The van der Waals surface area contributed by atoms with Gasteiger partial charge >= 0.3 is 6.03 Å². The minimum Gasteiger partial charge on any atom is -0.334 e. The molecule has 1 aromatic heterocycles. The molecule has 0 unspecified atom stereocenters. The minimum absolute atomic E-state index is 0.0495. The Labute approximate surface area is 223 Å². The van der Waals surface area contributed by atoms with Crippen molar-refractivity contribution in [2.45, 2.75) is 38.6 Å². The Hall–Kier alpha value is -3.37. The van der Waals surface area contributed by atoms with E-state index < -0.39 is 0 Å². The number of halogens is 1. The van der Waals surface area contributed by atoms with E-state index in [1.165, 1.54) is 18.4 Å². The van der Waals surface area contributed by atoms with Crippen LogP contribution in [0.3, 0.4) is 0 Å². The van der Waals surface area contributed by atoms with Crippen LogP contribution in [0.15, 0.2) is 42.5 Å². The molecule has 10 heteroatoms. The molecule has 2 saturated heterocycles. The van der Waals surface area contributed by atoms with Crippen LogP contribution in [0, 0.1) is 24.6 Å². The first-order chi connectivity index (χ1) is 18.4. The number of aromatic nitrogens is 4. The summed E-state index contributed by atoms with van der Waals surface area (Å²) in [7, 11) is 1.79. The molecule has 0 spiro atoms. The van der Waals surface area contributed by atoms with Crippen LogP contribution in [0.2, 0.25) is 0 Å². The van der Waals surface area contributed by atoms with Gasteiger partial charge in [0.15, 0.2) is 5.82 Å². The molecule has 0 saturated carbocycles. The smallest absolute Gasteiger partial charge is 0.319 e. The second-order valence-corrected chi connectivity index (χ2v) is 10.8. The molecule has 202 valence electrons. The molecule has 0 aliphatic carbocycles. The van der Waals surface area contributed by atoms with Crippen molar-refractivity contribution in [3.8, 4) is 11.4 Å². The maximum atomic E-state index is 13.3. The van der Waals surface area contributed by atoms with E-state index in [0.717, 1.165) is 56.7 Å². The normalized spacial score (nSPS) is 22.2. The van der Waals surface area contributed by atoms with Gasteiger partial charge in [-0.15, -0.1) is 5.10 Å². The Morgan fingerprint density at radius 1 is 1.18 bits per heavy atom. The first-order valence-corrected chi connectivity index (χ1v) is 13.5. The van der Waals surface area contributed by atoms with E-state index in [4.69, 9.17) is 0 Å². The van der Waals surface area contributed by atoms with Gasteiger partial charge in [0, 0.05) is 44.0 Å². The quantitative estimate of drug-likeness (QED) is 0.442. The van der Waals surface area contributed by atoms with Gasteiger partial charge in [0.1, 0.15) is 5.82 Å². The van der Waals surface area contributed by atoms with Crippen LogP contribution in [0.4, 0.5) is 14.9 Å². The van der Waals surface area contributed by atoms with Gasteiger partial charge in [-0.2, -0.15) is 0 Å². The van der Waals surface area contributed by atoms with Gasteiger partial charge in [0.25, 0.3) is 0 Å². The Balaban J connectivity index is 1.17. The van der Waals surface area contributed by atoms with Gasteiger partial charge in [-0.3, -0.25) is 0 Å². The summed E-state index contributed by atoms with van der Waals surface area (Å²) < 4.78 is 14.9. The predicted octanol–water partition coefficient (Wildman–Crippen LogP) is 3.38. The molecule has 3 atom stereocenters. The van der Waals surface area contributed by atoms with Crippen LogP contribution in [0.5, 0.6) is 0 Å². The first-order valence-electron chi connectivity index (χ1n) is 13.5. The molecular weight excluding hydrogens is 483 g/mol. The first kappa shape index (κ1) is 26.2. The highest BCUT2D eigenvalue weighted by atomic mass is 19.1. The zero-order valence-electron chi connectivity index (χ0n) is 22.2. The molecule has 5 rings (SSSR count). The van der Waals surface area contributed by atoms with E-state index in [0.29, 0.717) is 23.3 Å². The number of amides is 2. The number of urea groups is 1. The Morgan fingerprint density at radius 2 is 2.03 bits per heavy atom. The highest BCUT2D eigenvalue weighted by molar-refractivity contribution is 5.90. The molecule has 2 fully saturated rings. The largest absolute Gasteiger partial charge is 0.334 e. The molecule has 3 aromatic rings. The molecular formula is C28H37FN8O. The number of anilines is 1. The van der Waals surface area contributed by atoms with E-state index in [1.54, 1.807) is 23.9 Å². The van der Waals surface area contributed by atoms with Crippen LogP contribution in [-0.2, 0) is 13.5 Å². The maximum absolute atomic E-state index is 13.3. The average Bonchev–Trinajstić information content (AvgIpc) is 3.32. The number of carbonyl (C=O) groups excluding carboxylic acids is 1. The summed E-state index contributed by atoms with van der Waals surface area (Å²) >= 11 is 0. The van der Waals surface area contributed by atoms with Crippen molar-refractivity contribution in [3.63, 3.8) is 0 Å². The Bertz CT molecular complexity index is 1230. The fraction of sp³-hybridized carbons (Fsp3) is 0.500. The summed E-state index contributed by atoms with van der Waals surface area (Å²) in [5.41, 5.74) is 3.77. The molecule has 9 nitrogen and oxygen atoms in total. The summed E-state index contributed by atoms with van der Waals surface area (Å²) in [6.07, 6.45) is 4.38. The van der Waals surface area contributed by atoms with E-state index in [1.807, 2.05) is 37.3 Å². The van der Waals surface area contributed by atoms with E-state index in [2.05, 4.69) is 36.4 Å². The number of hydrogen-bond donors (Lipinski definition) is 3. The van der Waals surface area contributed by atoms with Crippen LogP contribution in [0.1, 0.15) is 30.4 Å². The summed E-state index contributed by atoms with van der Waals surface area (Å²) in [4.78, 5) is 15.6. The zero-order valence-corrected chi connectivity index (χ0v) is 22.2. The van der Waals surface area contributed by atoms with Crippen molar-refractivity contribution in [1.82, 2.24) is 35.7 Å². The third-order valence-corrected chi connectivity index (χ3v) is 7.69. The lowest BCUT2D eigenvalue weighted by atomic mass is 9.88. The van der Waals surface area contributed by atoms with Gasteiger partial charge < -0.3 is 20.9 Å². The van der Waals surface area contributed by atoms with Gasteiger partial charge in [0.05, 0.1) is 0 Å².